The smallest absolute Gasteiger partial charge is 0.158 e. The monoisotopic (exact) mass is 166 g/mol. The summed E-state index contributed by atoms with van der Waals surface area (Å²) >= 11 is 0. The Kier molecular flexibility index (Phi) is 5.35. The van der Waals surface area contributed by atoms with Gasteiger partial charge >= 0.3 is 0 Å². The van der Waals surface area contributed by atoms with Crippen LogP contribution >= 0.6 is 0 Å². The van der Waals surface area contributed by atoms with Crippen LogP contribution in [-0.2, 0) is 4.79 Å². The van der Waals surface area contributed by atoms with Crippen LogP contribution in [0, 0.1) is 0 Å². The van der Waals surface area contributed by atoms with E-state index in [-0.39, 0.29) is 5.78 Å². The van der Waals surface area contributed by atoms with E-state index in [1.54, 1.807) is 0 Å². The molecule has 0 saturated heterocycles. The van der Waals surface area contributed by atoms with Gasteiger partial charge in [-0.1, -0.05) is 25.2 Å². The third kappa shape index (κ3) is 4.89. The standard InChI is InChI=1S/C11H18O/c1-5-6-11(12)10(4)8-7-9(2)3/h7H,4-6,8H2,1-3H3. The van der Waals surface area contributed by atoms with Crippen LogP contribution in [0.25, 0.3) is 0 Å². The van der Waals surface area contributed by atoms with Crippen LogP contribution in [-0.4, -0.2) is 5.78 Å². The average Bonchev–Trinajstić information content (AvgIpc) is 2.00. The fourth-order valence-electron chi connectivity index (χ4n) is 0.845. The van der Waals surface area contributed by atoms with Crippen molar-refractivity contribution in [3.8, 4) is 0 Å². The van der Waals surface area contributed by atoms with Crippen LogP contribution in [0.5, 0.6) is 0 Å². The lowest BCUT2D eigenvalue weighted by Gasteiger charge is -1.99. The predicted octanol–water partition coefficient (Wildman–Crippen LogP) is 3.27. The Morgan fingerprint density at radius 3 is 2.42 bits per heavy atom. The first-order valence-electron chi connectivity index (χ1n) is 4.42. The number of carbonyl (C=O) groups excluding carboxylic acids is 1. The molecule has 0 heterocycles. The zero-order valence-electron chi connectivity index (χ0n) is 8.31. The van der Waals surface area contributed by atoms with Gasteiger partial charge in [-0.05, 0) is 32.3 Å². The van der Waals surface area contributed by atoms with Crippen molar-refractivity contribution in [2.75, 3.05) is 0 Å². The summed E-state index contributed by atoms with van der Waals surface area (Å²) in [7, 11) is 0. The SMILES string of the molecule is C=C(CC=C(C)C)C(=O)CCC. The number of hydrogen-bond donors (Lipinski definition) is 0. The normalized spacial score (nSPS) is 9.25. The molecule has 68 valence electrons. The second kappa shape index (κ2) is 5.76. The van der Waals surface area contributed by atoms with Crippen LogP contribution in [0.2, 0.25) is 0 Å². The summed E-state index contributed by atoms with van der Waals surface area (Å²) < 4.78 is 0. The van der Waals surface area contributed by atoms with Crippen molar-refractivity contribution in [3.05, 3.63) is 23.8 Å². The Morgan fingerprint density at radius 2 is 2.00 bits per heavy atom. The van der Waals surface area contributed by atoms with E-state index in [2.05, 4.69) is 6.58 Å². The summed E-state index contributed by atoms with van der Waals surface area (Å²) in [5.74, 6) is 0.204. The van der Waals surface area contributed by atoms with Crippen LogP contribution in [0.4, 0.5) is 0 Å². The maximum atomic E-state index is 11.2. The predicted molar refractivity (Wildman–Crippen MR) is 53.1 cm³/mol. The molecule has 0 bridgehead atoms. The van der Waals surface area contributed by atoms with Gasteiger partial charge in [-0.15, -0.1) is 0 Å². The summed E-state index contributed by atoms with van der Waals surface area (Å²) in [6, 6.07) is 0. The maximum Gasteiger partial charge on any atom is 0.158 e. The molecule has 0 unspecified atom stereocenters. The van der Waals surface area contributed by atoms with Crippen LogP contribution in [0.3, 0.4) is 0 Å². The van der Waals surface area contributed by atoms with E-state index >= 15 is 0 Å². The topological polar surface area (TPSA) is 17.1 Å². The fraction of sp³-hybridized carbons (Fsp3) is 0.545. The third-order valence-corrected chi connectivity index (χ3v) is 1.63. The maximum absolute atomic E-state index is 11.2. The number of hydrogen-bond acceptors (Lipinski definition) is 1. The molecule has 0 aromatic heterocycles. The number of ketones is 1. The molecule has 0 saturated carbocycles. The van der Waals surface area contributed by atoms with Crippen molar-refractivity contribution in [1.82, 2.24) is 0 Å². The van der Waals surface area contributed by atoms with Crippen molar-refractivity contribution in [2.45, 2.75) is 40.0 Å². The molecule has 0 N–H and O–H groups in total. The number of carbonyl (C=O) groups is 1. The third-order valence-electron chi connectivity index (χ3n) is 1.63. The van der Waals surface area contributed by atoms with Gasteiger partial charge in [-0.2, -0.15) is 0 Å². The van der Waals surface area contributed by atoms with Crippen LogP contribution in [0.1, 0.15) is 40.0 Å². The highest BCUT2D eigenvalue weighted by molar-refractivity contribution is 5.94. The molecule has 0 rings (SSSR count). The largest absolute Gasteiger partial charge is 0.295 e. The molecule has 0 aliphatic heterocycles. The van der Waals surface area contributed by atoms with Crippen molar-refractivity contribution >= 4 is 5.78 Å². The van der Waals surface area contributed by atoms with Gasteiger partial charge in [-0.25, -0.2) is 0 Å². The zero-order chi connectivity index (χ0) is 9.56. The Hall–Kier alpha value is -0.850. The van der Waals surface area contributed by atoms with E-state index in [0.29, 0.717) is 12.8 Å². The molecule has 0 aromatic rings. The Balaban J connectivity index is 3.88. The van der Waals surface area contributed by atoms with E-state index in [0.717, 1.165) is 12.0 Å². The van der Waals surface area contributed by atoms with Gasteiger partial charge in [0.05, 0.1) is 0 Å². The molecule has 1 nitrogen and oxygen atoms in total. The molecule has 0 amide bonds. The summed E-state index contributed by atoms with van der Waals surface area (Å²) in [4.78, 5) is 11.2. The van der Waals surface area contributed by atoms with Crippen LogP contribution in [0.15, 0.2) is 23.8 Å². The van der Waals surface area contributed by atoms with Gasteiger partial charge in [-0.3, -0.25) is 4.79 Å². The van der Waals surface area contributed by atoms with Crippen molar-refractivity contribution < 1.29 is 4.79 Å². The van der Waals surface area contributed by atoms with Gasteiger partial charge in [0.25, 0.3) is 0 Å². The number of Topliss-reactive ketones (excluding diaryl/α,β-unsaturated/α-hetero) is 1. The number of allylic oxidation sites excluding steroid dienone is 3. The highest BCUT2D eigenvalue weighted by atomic mass is 16.1. The van der Waals surface area contributed by atoms with Crippen molar-refractivity contribution in [1.29, 1.82) is 0 Å². The van der Waals surface area contributed by atoms with E-state index in [9.17, 15) is 4.79 Å². The first-order chi connectivity index (χ1) is 5.57. The molecule has 0 aliphatic carbocycles. The summed E-state index contributed by atoms with van der Waals surface area (Å²) in [5.41, 5.74) is 1.97. The highest BCUT2D eigenvalue weighted by Gasteiger charge is 2.02. The van der Waals surface area contributed by atoms with E-state index < -0.39 is 0 Å². The summed E-state index contributed by atoms with van der Waals surface area (Å²) in [6.07, 6.45) is 4.29. The Bertz CT molecular complexity index is 195. The lowest BCUT2D eigenvalue weighted by Crippen LogP contribution is -1.99. The molecule has 0 aromatic carbocycles. The van der Waals surface area contributed by atoms with Crippen LogP contribution < -0.4 is 0 Å². The Labute approximate surface area is 75.2 Å². The van der Waals surface area contributed by atoms with E-state index in [1.165, 1.54) is 5.57 Å². The second-order valence-corrected chi connectivity index (χ2v) is 3.26. The lowest BCUT2D eigenvalue weighted by atomic mass is 10.1. The molecule has 0 spiro atoms. The number of rotatable bonds is 5. The zero-order valence-corrected chi connectivity index (χ0v) is 8.31. The van der Waals surface area contributed by atoms with E-state index in [4.69, 9.17) is 0 Å². The molecule has 0 fully saturated rings. The molecular weight excluding hydrogens is 148 g/mol. The van der Waals surface area contributed by atoms with Crippen molar-refractivity contribution in [2.24, 2.45) is 0 Å². The quantitative estimate of drug-likeness (QED) is 0.452. The molecular formula is C11H18O. The molecule has 1 heteroatoms. The van der Waals surface area contributed by atoms with E-state index in [1.807, 2.05) is 26.8 Å². The first-order valence-corrected chi connectivity index (χ1v) is 4.42. The van der Waals surface area contributed by atoms with Gasteiger partial charge in [0.1, 0.15) is 0 Å². The van der Waals surface area contributed by atoms with Gasteiger partial charge < -0.3 is 0 Å². The lowest BCUT2D eigenvalue weighted by molar-refractivity contribution is -0.115. The molecule has 12 heavy (non-hydrogen) atoms. The second-order valence-electron chi connectivity index (χ2n) is 3.26. The van der Waals surface area contributed by atoms with Crippen molar-refractivity contribution in [3.63, 3.8) is 0 Å². The van der Waals surface area contributed by atoms with Gasteiger partial charge in [0.2, 0.25) is 0 Å². The fourth-order valence-corrected chi connectivity index (χ4v) is 0.845. The van der Waals surface area contributed by atoms with Gasteiger partial charge in [0.15, 0.2) is 5.78 Å². The summed E-state index contributed by atoms with van der Waals surface area (Å²) in [6.45, 7) is 9.81. The molecule has 0 atom stereocenters. The Morgan fingerprint density at radius 1 is 1.42 bits per heavy atom. The first kappa shape index (κ1) is 11.2. The summed E-state index contributed by atoms with van der Waals surface area (Å²) in [5, 5.41) is 0. The molecule has 0 aliphatic rings. The van der Waals surface area contributed by atoms with Gasteiger partial charge in [0, 0.05) is 6.42 Å². The highest BCUT2D eigenvalue weighted by Crippen LogP contribution is 2.07. The minimum absolute atomic E-state index is 0.204. The minimum Gasteiger partial charge on any atom is -0.295 e. The molecule has 0 radical (unpaired) electrons. The average molecular weight is 166 g/mol. The minimum atomic E-state index is 0.204.